The first-order chi connectivity index (χ1) is 10.3. The van der Waals surface area contributed by atoms with Gasteiger partial charge in [-0.25, -0.2) is 0 Å². The summed E-state index contributed by atoms with van der Waals surface area (Å²) in [5, 5.41) is 3.43. The van der Waals surface area contributed by atoms with Crippen molar-refractivity contribution in [3.8, 4) is 5.75 Å². The van der Waals surface area contributed by atoms with Gasteiger partial charge in [-0.05, 0) is 49.9 Å². The lowest BCUT2D eigenvalue weighted by molar-refractivity contribution is 0.404. The molecule has 2 heteroatoms. The van der Waals surface area contributed by atoms with Crippen LogP contribution in [-0.4, -0.2) is 20.2 Å². The van der Waals surface area contributed by atoms with Crippen molar-refractivity contribution in [2.24, 2.45) is 0 Å². The van der Waals surface area contributed by atoms with E-state index in [2.05, 4.69) is 47.8 Å². The van der Waals surface area contributed by atoms with Crippen molar-refractivity contribution in [2.45, 2.75) is 31.7 Å². The SMILES string of the molecule is CNC(CCCc1ccccc1)Cc1ccccc1OC. The lowest BCUT2D eigenvalue weighted by Gasteiger charge is -2.18. The van der Waals surface area contributed by atoms with Gasteiger partial charge in [0.25, 0.3) is 0 Å². The molecular weight excluding hydrogens is 258 g/mol. The van der Waals surface area contributed by atoms with Crippen LogP contribution in [0.15, 0.2) is 54.6 Å². The van der Waals surface area contributed by atoms with E-state index in [0.717, 1.165) is 18.6 Å². The largest absolute Gasteiger partial charge is 0.496 e. The van der Waals surface area contributed by atoms with Crippen LogP contribution in [0, 0.1) is 0 Å². The second-order valence-electron chi connectivity index (χ2n) is 5.38. The van der Waals surface area contributed by atoms with Crippen LogP contribution in [0.3, 0.4) is 0 Å². The number of nitrogens with one attached hydrogen (secondary N) is 1. The van der Waals surface area contributed by atoms with Crippen LogP contribution in [0.5, 0.6) is 5.75 Å². The van der Waals surface area contributed by atoms with Crippen molar-refractivity contribution in [3.05, 3.63) is 65.7 Å². The fraction of sp³-hybridized carbons (Fsp3) is 0.368. The molecule has 1 unspecified atom stereocenters. The van der Waals surface area contributed by atoms with Gasteiger partial charge in [0.05, 0.1) is 7.11 Å². The highest BCUT2D eigenvalue weighted by molar-refractivity contribution is 5.33. The predicted octanol–water partition coefficient (Wildman–Crippen LogP) is 3.85. The molecule has 0 fully saturated rings. The van der Waals surface area contributed by atoms with Gasteiger partial charge in [-0.15, -0.1) is 0 Å². The first-order valence-corrected chi connectivity index (χ1v) is 7.66. The highest BCUT2D eigenvalue weighted by atomic mass is 16.5. The molecule has 1 N–H and O–H groups in total. The number of para-hydroxylation sites is 1. The zero-order valence-corrected chi connectivity index (χ0v) is 13.0. The lowest BCUT2D eigenvalue weighted by Crippen LogP contribution is -2.27. The highest BCUT2D eigenvalue weighted by Gasteiger charge is 2.10. The third-order valence-corrected chi connectivity index (χ3v) is 3.93. The van der Waals surface area contributed by atoms with E-state index in [9.17, 15) is 0 Å². The molecule has 21 heavy (non-hydrogen) atoms. The van der Waals surface area contributed by atoms with Crippen molar-refractivity contribution in [1.29, 1.82) is 0 Å². The third-order valence-electron chi connectivity index (χ3n) is 3.93. The molecule has 0 aliphatic heterocycles. The van der Waals surface area contributed by atoms with Crippen molar-refractivity contribution >= 4 is 0 Å². The first-order valence-electron chi connectivity index (χ1n) is 7.66. The average Bonchev–Trinajstić information content (AvgIpc) is 2.55. The van der Waals surface area contributed by atoms with Gasteiger partial charge < -0.3 is 10.1 Å². The quantitative estimate of drug-likeness (QED) is 0.794. The maximum absolute atomic E-state index is 5.44. The van der Waals surface area contributed by atoms with Crippen LogP contribution in [0.4, 0.5) is 0 Å². The Bertz CT molecular complexity index is 524. The lowest BCUT2D eigenvalue weighted by atomic mass is 9.98. The number of hydrogen-bond acceptors (Lipinski definition) is 2. The zero-order chi connectivity index (χ0) is 14.9. The molecule has 112 valence electrons. The van der Waals surface area contributed by atoms with Gasteiger partial charge in [-0.1, -0.05) is 48.5 Å². The van der Waals surface area contributed by atoms with Crippen LogP contribution in [0.1, 0.15) is 24.0 Å². The van der Waals surface area contributed by atoms with E-state index in [4.69, 9.17) is 4.74 Å². The van der Waals surface area contributed by atoms with Crippen molar-refractivity contribution in [2.75, 3.05) is 14.2 Å². The Hall–Kier alpha value is -1.80. The summed E-state index contributed by atoms with van der Waals surface area (Å²) in [6.07, 6.45) is 4.52. The van der Waals surface area contributed by atoms with Crippen molar-refractivity contribution < 1.29 is 4.74 Å². The number of likely N-dealkylation sites (N-methyl/N-ethyl adjacent to an activating group) is 1. The van der Waals surface area contributed by atoms with Gasteiger partial charge in [-0.2, -0.15) is 0 Å². The Labute approximate surface area is 128 Å². The summed E-state index contributed by atoms with van der Waals surface area (Å²) in [5.41, 5.74) is 2.70. The molecule has 0 saturated heterocycles. The van der Waals surface area contributed by atoms with Crippen LogP contribution >= 0.6 is 0 Å². The molecule has 0 spiro atoms. The Balaban J connectivity index is 1.85. The smallest absolute Gasteiger partial charge is 0.122 e. The molecule has 1 atom stereocenters. The van der Waals surface area contributed by atoms with Crippen LogP contribution < -0.4 is 10.1 Å². The molecule has 0 amide bonds. The van der Waals surface area contributed by atoms with Gasteiger partial charge in [0.15, 0.2) is 0 Å². The number of rotatable bonds is 8. The summed E-state index contributed by atoms with van der Waals surface area (Å²) < 4.78 is 5.44. The monoisotopic (exact) mass is 283 g/mol. The minimum Gasteiger partial charge on any atom is -0.496 e. The zero-order valence-electron chi connectivity index (χ0n) is 13.0. The number of ether oxygens (including phenoxy) is 1. The standard InChI is InChI=1S/C19H25NO/c1-20-18(13-8-11-16-9-4-3-5-10-16)15-17-12-6-7-14-19(17)21-2/h3-7,9-10,12,14,18,20H,8,11,13,15H2,1-2H3. The van der Waals surface area contributed by atoms with Crippen LogP contribution in [0.2, 0.25) is 0 Å². The Morgan fingerprint density at radius 3 is 2.43 bits per heavy atom. The highest BCUT2D eigenvalue weighted by Crippen LogP contribution is 2.20. The van der Waals surface area contributed by atoms with E-state index >= 15 is 0 Å². The topological polar surface area (TPSA) is 21.3 Å². The Morgan fingerprint density at radius 2 is 1.71 bits per heavy atom. The molecule has 2 aromatic rings. The van der Waals surface area contributed by atoms with E-state index in [1.807, 2.05) is 19.2 Å². The Morgan fingerprint density at radius 1 is 1.00 bits per heavy atom. The summed E-state index contributed by atoms with van der Waals surface area (Å²) >= 11 is 0. The van der Waals surface area contributed by atoms with Crippen molar-refractivity contribution in [3.63, 3.8) is 0 Å². The van der Waals surface area contributed by atoms with E-state index in [-0.39, 0.29) is 0 Å². The Kier molecular flexibility index (Phi) is 6.29. The minimum absolute atomic E-state index is 0.491. The van der Waals surface area contributed by atoms with Crippen molar-refractivity contribution in [1.82, 2.24) is 5.32 Å². The molecule has 2 rings (SSSR count). The summed E-state index contributed by atoms with van der Waals surface area (Å²) in [5.74, 6) is 0.987. The number of aryl methyl sites for hydroxylation is 1. The third kappa shape index (κ3) is 4.91. The maximum Gasteiger partial charge on any atom is 0.122 e. The molecule has 0 heterocycles. The van der Waals surface area contributed by atoms with Gasteiger partial charge in [0, 0.05) is 6.04 Å². The summed E-state index contributed by atoms with van der Waals surface area (Å²) in [6.45, 7) is 0. The number of hydrogen-bond donors (Lipinski definition) is 1. The summed E-state index contributed by atoms with van der Waals surface area (Å²) in [6, 6.07) is 19.5. The normalized spacial score (nSPS) is 12.1. The summed E-state index contributed by atoms with van der Waals surface area (Å²) in [7, 11) is 3.78. The number of benzene rings is 2. The van der Waals surface area contributed by atoms with E-state index in [1.54, 1.807) is 7.11 Å². The summed E-state index contributed by atoms with van der Waals surface area (Å²) in [4.78, 5) is 0. The first kappa shape index (κ1) is 15.6. The molecule has 0 aliphatic rings. The maximum atomic E-state index is 5.44. The second-order valence-corrected chi connectivity index (χ2v) is 5.38. The molecule has 2 nitrogen and oxygen atoms in total. The fourth-order valence-electron chi connectivity index (χ4n) is 2.68. The van der Waals surface area contributed by atoms with Gasteiger partial charge in [-0.3, -0.25) is 0 Å². The molecule has 0 bridgehead atoms. The molecule has 0 aromatic heterocycles. The van der Waals surface area contributed by atoms with E-state index in [0.29, 0.717) is 6.04 Å². The second kappa shape index (κ2) is 8.48. The molecule has 0 aliphatic carbocycles. The molecule has 0 saturated carbocycles. The number of methoxy groups -OCH3 is 1. The minimum atomic E-state index is 0.491. The average molecular weight is 283 g/mol. The fourth-order valence-corrected chi connectivity index (χ4v) is 2.68. The molecular formula is C19H25NO. The van der Waals surface area contributed by atoms with Gasteiger partial charge in [0.1, 0.15) is 5.75 Å². The van der Waals surface area contributed by atoms with E-state index < -0.39 is 0 Å². The van der Waals surface area contributed by atoms with Crippen LogP contribution in [-0.2, 0) is 12.8 Å². The predicted molar refractivity (Wildman–Crippen MR) is 88.9 cm³/mol. The molecule has 2 aromatic carbocycles. The van der Waals surface area contributed by atoms with E-state index in [1.165, 1.54) is 24.0 Å². The van der Waals surface area contributed by atoms with Crippen LogP contribution in [0.25, 0.3) is 0 Å². The van der Waals surface area contributed by atoms with Gasteiger partial charge in [0.2, 0.25) is 0 Å². The van der Waals surface area contributed by atoms with Gasteiger partial charge >= 0.3 is 0 Å². The molecule has 0 radical (unpaired) electrons.